The van der Waals surface area contributed by atoms with Crippen molar-refractivity contribution in [3.05, 3.63) is 149 Å². The maximum atomic E-state index is 6.47. The molecule has 0 aromatic heterocycles. The van der Waals surface area contributed by atoms with Crippen LogP contribution < -0.4 is 5.73 Å². The Morgan fingerprint density at radius 1 is 0.811 bits per heavy atom. The van der Waals surface area contributed by atoms with Crippen LogP contribution in [0.1, 0.15) is 41.5 Å². The smallest absolute Gasteiger partial charge is 0.157 e. The molecule has 0 spiro atoms. The number of allylic oxidation sites excluding steroid dienone is 8. The van der Waals surface area contributed by atoms with Crippen LogP contribution in [0.5, 0.6) is 0 Å². The molecular weight excluding hydrogens is 518 g/mol. The van der Waals surface area contributed by atoms with Crippen molar-refractivity contribution in [2.75, 3.05) is 0 Å². The first-order valence-electron chi connectivity index (χ1n) is 12.7. The van der Waals surface area contributed by atoms with E-state index >= 15 is 0 Å². The van der Waals surface area contributed by atoms with Gasteiger partial charge in [-0.25, -0.2) is 4.99 Å². The van der Waals surface area contributed by atoms with Crippen LogP contribution in [0.2, 0.25) is 0 Å². The Kier molecular flexibility index (Phi) is 8.07. The molecule has 1 unspecified atom stereocenters. The maximum absolute atomic E-state index is 6.47. The summed E-state index contributed by atoms with van der Waals surface area (Å²) in [5, 5.41) is 0. The van der Waals surface area contributed by atoms with Gasteiger partial charge in [0, 0.05) is 16.0 Å². The summed E-state index contributed by atoms with van der Waals surface area (Å²) in [6.07, 6.45) is 14.4. The number of alkyl halides is 1. The molecule has 0 heterocycles. The number of amidine groups is 2. The minimum absolute atomic E-state index is 0.458. The summed E-state index contributed by atoms with van der Waals surface area (Å²) in [5.41, 5.74) is 14.8. The Morgan fingerprint density at radius 2 is 1.49 bits per heavy atom. The van der Waals surface area contributed by atoms with E-state index in [2.05, 4.69) is 82.7 Å². The van der Waals surface area contributed by atoms with Gasteiger partial charge < -0.3 is 5.73 Å². The van der Waals surface area contributed by atoms with Crippen molar-refractivity contribution in [3.8, 4) is 0 Å². The Balaban J connectivity index is 1.34. The molecule has 4 heteroatoms. The summed E-state index contributed by atoms with van der Waals surface area (Å²) in [4.78, 5) is 10.00. The number of benzene rings is 3. The van der Waals surface area contributed by atoms with Crippen molar-refractivity contribution in [2.24, 2.45) is 15.7 Å². The van der Waals surface area contributed by atoms with E-state index in [0.717, 1.165) is 36.0 Å². The van der Waals surface area contributed by atoms with Crippen molar-refractivity contribution in [3.63, 3.8) is 0 Å². The fourth-order valence-corrected chi connectivity index (χ4v) is 4.85. The van der Waals surface area contributed by atoms with Crippen molar-refractivity contribution < 1.29 is 0 Å². The standard InChI is InChI=1S/C33H30BrN3/c34-31-21-19-28(20-22-31)26-13-11-25(12-14-26)27-15-17-29(18-16-27)32(35)37-33(30-9-5-2-6-10-30)36-23-24-7-3-1-4-8-24/h1-11,13,15-21,31H,12,14,22-23H2,(H2,35,36,37). The van der Waals surface area contributed by atoms with E-state index in [-0.39, 0.29) is 0 Å². The molecule has 0 saturated carbocycles. The zero-order valence-electron chi connectivity index (χ0n) is 20.7. The lowest BCUT2D eigenvalue weighted by molar-refractivity contribution is 0.972. The highest BCUT2D eigenvalue weighted by atomic mass is 79.9. The third-order valence-corrected chi connectivity index (χ3v) is 7.31. The van der Waals surface area contributed by atoms with E-state index in [0.29, 0.717) is 23.0 Å². The first-order chi connectivity index (χ1) is 18.2. The molecule has 3 aromatic carbocycles. The highest BCUT2D eigenvalue weighted by molar-refractivity contribution is 9.09. The van der Waals surface area contributed by atoms with E-state index in [1.165, 1.54) is 22.3 Å². The number of nitrogens with two attached hydrogens (primary N) is 1. The third kappa shape index (κ3) is 6.52. The molecule has 2 aliphatic rings. The lowest BCUT2D eigenvalue weighted by Gasteiger charge is -2.18. The van der Waals surface area contributed by atoms with Gasteiger partial charge in [0.25, 0.3) is 0 Å². The molecule has 184 valence electrons. The zero-order chi connectivity index (χ0) is 25.5. The molecule has 0 bridgehead atoms. The molecule has 37 heavy (non-hydrogen) atoms. The molecule has 5 rings (SSSR count). The predicted octanol–water partition coefficient (Wildman–Crippen LogP) is 7.79. The van der Waals surface area contributed by atoms with Gasteiger partial charge in [-0.05, 0) is 47.1 Å². The zero-order valence-corrected chi connectivity index (χ0v) is 22.3. The summed E-state index contributed by atoms with van der Waals surface area (Å²) in [7, 11) is 0. The van der Waals surface area contributed by atoms with Gasteiger partial charge in [0.2, 0.25) is 0 Å². The number of nitrogens with zero attached hydrogens (tertiary/aromatic N) is 2. The molecule has 2 N–H and O–H groups in total. The van der Waals surface area contributed by atoms with Gasteiger partial charge in [0.15, 0.2) is 5.84 Å². The highest BCUT2D eigenvalue weighted by Gasteiger charge is 2.14. The van der Waals surface area contributed by atoms with Crippen LogP contribution in [0.3, 0.4) is 0 Å². The number of aliphatic imine (C=N–C) groups is 2. The number of hydrogen-bond donors (Lipinski definition) is 1. The number of rotatable bonds is 6. The summed E-state index contributed by atoms with van der Waals surface area (Å²) >= 11 is 3.65. The van der Waals surface area contributed by atoms with Crippen molar-refractivity contribution in [1.82, 2.24) is 0 Å². The Hall–Kier alpha value is -3.76. The number of hydrogen-bond acceptors (Lipinski definition) is 1. The van der Waals surface area contributed by atoms with Crippen LogP contribution >= 0.6 is 15.9 Å². The SMILES string of the molecule is NC(=NC(=NCc1ccccc1)c1ccccc1)c1ccc(C2=CC=C(C3=CCC(Br)C=C3)CC2)cc1. The van der Waals surface area contributed by atoms with E-state index < -0.39 is 0 Å². The topological polar surface area (TPSA) is 50.7 Å². The summed E-state index contributed by atoms with van der Waals surface area (Å²) in [6, 6.07) is 28.6. The quantitative estimate of drug-likeness (QED) is 0.191. The predicted molar refractivity (Wildman–Crippen MR) is 160 cm³/mol. The van der Waals surface area contributed by atoms with Crippen molar-refractivity contribution in [1.29, 1.82) is 0 Å². The molecule has 2 aliphatic carbocycles. The van der Waals surface area contributed by atoms with E-state index in [4.69, 9.17) is 15.7 Å². The first kappa shape index (κ1) is 24.9. The second kappa shape index (κ2) is 12.0. The van der Waals surface area contributed by atoms with Gasteiger partial charge in [-0.3, -0.25) is 4.99 Å². The third-order valence-electron chi connectivity index (χ3n) is 6.63. The van der Waals surface area contributed by atoms with Crippen LogP contribution in [0, 0.1) is 0 Å². The van der Waals surface area contributed by atoms with Gasteiger partial charge in [0.05, 0.1) is 6.54 Å². The van der Waals surface area contributed by atoms with Gasteiger partial charge >= 0.3 is 0 Å². The number of halogens is 1. The minimum atomic E-state index is 0.458. The second-order valence-electron chi connectivity index (χ2n) is 9.22. The van der Waals surface area contributed by atoms with E-state index in [1.807, 2.05) is 48.5 Å². The Bertz CT molecular complexity index is 1410. The molecule has 0 amide bonds. The van der Waals surface area contributed by atoms with Crippen LogP contribution in [0.25, 0.3) is 5.57 Å². The van der Waals surface area contributed by atoms with Gasteiger partial charge in [-0.15, -0.1) is 0 Å². The fraction of sp³-hybridized carbons (Fsp3) is 0.152. The molecule has 1 atom stereocenters. The molecule has 3 nitrogen and oxygen atoms in total. The van der Waals surface area contributed by atoms with Gasteiger partial charge in [-0.2, -0.15) is 0 Å². The largest absolute Gasteiger partial charge is 0.383 e. The molecule has 0 saturated heterocycles. The second-order valence-corrected chi connectivity index (χ2v) is 10.4. The Morgan fingerprint density at radius 3 is 2.14 bits per heavy atom. The van der Waals surface area contributed by atoms with Crippen molar-refractivity contribution in [2.45, 2.75) is 30.6 Å². The highest BCUT2D eigenvalue weighted by Crippen LogP contribution is 2.32. The summed E-state index contributed by atoms with van der Waals surface area (Å²) in [5.74, 6) is 1.10. The van der Waals surface area contributed by atoms with Crippen LogP contribution in [-0.2, 0) is 6.54 Å². The molecule has 0 radical (unpaired) electrons. The van der Waals surface area contributed by atoms with Gasteiger partial charge in [0.1, 0.15) is 5.84 Å². The van der Waals surface area contributed by atoms with Crippen LogP contribution in [0.4, 0.5) is 0 Å². The molecule has 0 aliphatic heterocycles. The molecule has 3 aromatic rings. The monoisotopic (exact) mass is 547 g/mol. The average Bonchev–Trinajstić information content (AvgIpc) is 2.97. The van der Waals surface area contributed by atoms with Gasteiger partial charge in [-0.1, -0.05) is 131 Å². The average molecular weight is 549 g/mol. The Labute approximate surface area is 227 Å². The summed E-state index contributed by atoms with van der Waals surface area (Å²) < 4.78 is 0. The molecular formula is C33H30BrN3. The lowest BCUT2D eigenvalue weighted by Crippen LogP contribution is -2.16. The van der Waals surface area contributed by atoms with Crippen LogP contribution in [-0.4, -0.2) is 16.5 Å². The summed E-state index contributed by atoms with van der Waals surface area (Å²) in [6.45, 7) is 0.549. The first-order valence-corrected chi connectivity index (χ1v) is 13.6. The molecule has 0 fully saturated rings. The maximum Gasteiger partial charge on any atom is 0.157 e. The van der Waals surface area contributed by atoms with E-state index in [9.17, 15) is 0 Å². The fourth-order valence-electron chi connectivity index (χ4n) is 4.51. The van der Waals surface area contributed by atoms with Crippen molar-refractivity contribution >= 4 is 33.2 Å². The van der Waals surface area contributed by atoms with Crippen LogP contribution in [0.15, 0.2) is 136 Å². The van der Waals surface area contributed by atoms with E-state index in [1.54, 1.807) is 0 Å². The lowest BCUT2D eigenvalue weighted by atomic mass is 9.88. The normalized spacial score (nSPS) is 18.2. The minimum Gasteiger partial charge on any atom is -0.383 e.